The fraction of sp³-hybridized carbons (Fsp3) is 0.118. The van der Waals surface area contributed by atoms with Gasteiger partial charge in [-0.15, -0.1) is 0 Å². The average molecular weight is 269 g/mol. The third-order valence-corrected chi connectivity index (χ3v) is 3.12. The summed E-state index contributed by atoms with van der Waals surface area (Å²) in [5.74, 6) is -0.353. The van der Waals surface area contributed by atoms with Gasteiger partial charge in [0.05, 0.1) is 0 Å². The van der Waals surface area contributed by atoms with Crippen LogP contribution in [0.2, 0.25) is 0 Å². The molecule has 0 saturated carbocycles. The van der Waals surface area contributed by atoms with Crippen molar-refractivity contribution in [2.45, 2.75) is 13.8 Å². The molecule has 102 valence electrons. The molecule has 0 atom stereocenters. The number of nitrogens with one attached hydrogen (secondary N) is 1. The Morgan fingerprint density at radius 3 is 2.40 bits per heavy atom. The van der Waals surface area contributed by atoms with E-state index in [9.17, 15) is 9.18 Å². The lowest BCUT2D eigenvalue weighted by Gasteiger charge is -2.02. The Bertz CT molecular complexity index is 645. The minimum absolute atomic E-state index is 0.0669. The highest BCUT2D eigenvalue weighted by Gasteiger charge is 2.02. The summed E-state index contributed by atoms with van der Waals surface area (Å²) in [5, 5.41) is 2.93. The van der Waals surface area contributed by atoms with Crippen molar-refractivity contribution in [1.82, 2.24) is 0 Å². The number of rotatable bonds is 4. The molecule has 0 heterocycles. The van der Waals surface area contributed by atoms with Crippen molar-refractivity contribution < 1.29 is 9.18 Å². The van der Waals surface area contributed by atoms with Gasteiger partial charge in [0.25, 0.3) is 0 Å². The molecule has 1 N–H and O–H groups in total. The van der Waals surface area contributed by atoms with Crippen LogP contribution in [0.3, 0.4) is 0 Å². The van der Waals surface area contributed by atoms with E-state index in [1.54, 1.807) is 18.3 Å². The number of carbonyl (C=O) groups excluding carboxylic acids is 1. The lowest BCUT2D eigenvalue weighted by molar-refractivity contribution is 0.104. The van der Waals surface area contributed by atoms with Gasteiger partial charge in [0.1, 0.15) is 5.82 Å². The highest BCUT2D eigenvalue weighted by Crippen LogP contribution is 2.11. The molecule has 3 heteroatoms. The Balaban J connectivity index is 2.01. The Labute approximate surface area is 118 Å². The van der Waals surface area contributed by atoms with Crippen molar-refractivity contribution in [2.75, 3.05) is 5.32 Å². The SMILES string of the molecule is Cc1ccc(C(=O)/C=C/Nc2ccc(F)cc2)cc1C. The van der Waals surface area contributed by atoms with Crippen molar-refractivity contribution in [3.8, 4) is 0 Å². The highest BCUT2D eigenvalue weighted by atomic mass is 19.1. The quantitative estimate of drug-likeness (QED) is 0.664. The third kappa shape index (κ3) is 3.54. The van der Waals surface area contributed by atoms with Crippen LogP contribution in [0.4, 0.5) is 10.1 Å². The van der Waals surface area contributed by atoms with E-state index in [0.717, 1.165) is 16.8 Å². The molecule has 0 radical (unpaired) electrons. The Hall–Kier alpha value is -2.42. The van der Waals surface area contributed by atoms with Crippen LogP contribution in [-0.2, 0) is 0 Å². The average Bonchev–Trinajstić information content (AvgIpc) is 2.44. The predicted molar refractivity (Wildman–Crippen MR) is 79.4 cm³/mol. The van der Waals surface area contributed by atoms with Crippen LogP contribution < -0.4 is 5.32 Å². The van der Waals surface area contributed by atoms with Crippen molar-refractivity contribution >= 4 is 11.5 Å². The lowest BCUT2D eigenvalue weighted by Crippen LogP contribution is -1.97. The first kappa shape index (κ1) is 14.0. The minimum Gasteiger partial charge on any atom is -0.362 e. The standard InChI is InChI=1S/C17H16FNO/c1-12-3-4-14(11-13(12)2)17(20)9-10-19-16-7-5-15(18)6-8-16/h3-11,19H,1-2H3/b10-9+. The van der Waals surface area contributed by atoms with E-state index in [2.05, 4.69) is 5.32 Å². The maximum Gasteiger partial charge on any atom is 0.187 e. The van der Waals surface area contributed by atoms with Gasteiger partial charge >= 0.3 is 0 Å². The normalized spacial score (nSPS) is 10.8. The van der Waals surface area contributed by atoms with Crippen molar-refractivity contribution in [1.29, 1.82) is 0 Å². The molecule has 0 aromatic heterocycles. The number of hydrogen-bond acceptors (Lipinski definition) is 2. The topological polar surface area (TPSA) is 29.1 Å². The Kier molecular flexibility index (Phi) is 4.31. The van der Waals surface area contributed by atoms with Crippen LogP contribution in [0, 0.1) is 19.7 Å². The molecule has 0 aliphatic rings. The van der Waals surface area contributed by atoms with Gasteiger partial charge in [-0.05, 0) is 55.3 Å². The molecular formula is C17H16FNO. The van der Waals surface area contributed by atoms with Gasteiger partial charge in [-0.1, -0.05) is 12.1 Å². The second-order valence-electron chi connectivity index (χ2n) is 4.65. The highest BCUT2D eigenvalue weighted by molar-refractivity contribution is 6.04. The maximum absolute atomic E-state index is 12.7. The van der Waals surface area contributed by atoms with Gasteiger partial charge < -0.3 is 5.32 Å². The van der Waals surface area contributed by atoms with Crippen LogP contribution in [-0.4, -0.2) is 5.78 Å². The molecule has 2 nitrogen and oxygen atoms in total. The van der Waals surface area contributed by atoms with Crippen LogP contribution >= 0.6 is 0 Å². The number of carbonyl (C=O) groups is 1. The van der Waals surface area contributed by atoms with E-state index >= 15 is 0 Å². The molecule has 0 fully saturated rings. The number of ketones is 1. The first-order valence-corrected chi connectivity index (χ1v) is 6.36. The summed E-state index contributed by atoms with van der Waals surface area (Å²) in [6, 6.07) is 11.6. The van der Waals surface area contributed by atoms with Crippen molar-refractivity contribution in [2.24, 2.45) is 0 Å². The summed E-state index contributed by atoms with van der Waals surface area (Å²) in [6.45, 7) is 3.99. The Morgan fingerprint density at radius 2 is 1.75 bits per heavy atom. The van der Waals surface area contributed by atoms with E-state index in [4.69, 9.17) is 0 Å². The molecule has 0 spiro atoms. The second-order valence-corrected chi connectivity index (χ2v) is 4.65. The Morgan fingerprint density at radius 1 is 1.05 bits per heavy atom. The molecule has 2 aromatic carbocycles. The zero-order chi connectivity index (χ0) is 14.5. The molecule has 2 aromatic rings. The van der Waals surface area contributed by atoms with Crippen LogP contribution in [0.15, 0.2) is 54.7 Å². The summed E-state index contributed by atoms with van der Waals surface area (Å²) in [7, 11) is 0. The number of halogens is 1. The predicted octanol–water partition coefficient (Wildman–Crippen LogP) is 4.25. The van der Waals surface area contributed by atoms with Gasteiger partial charge in [0, 0.05) is 23.5 Å². The van der Waals surface area contributed by atoms with Gasteiger partial charge in [-0.25, -0.2) is 4.39 Å². The molecule has 0 aliphatic carbocycles. The largest absolute Gasteiger partial charge is 0.362 e. The van der Waals surface area contributed by atoms with E-state index in [1.807, 2.05) is 32.0 Å². The summed E-state index contributed by atoms with van der Waals surface area (Å²) in [5.41, 5.74) is 3.64. The van der Waals surface area contributed by atoms with Crippen LogP contribution in [0.25, 0.3) is 0 Å². The van der Waals surface area contributed by atoms with Gasteiger partial charge in [-0.2, -0.15) is 0 Å². The fourth-order valence-corrected chi connectivity index (χ4v) is 1.75. The zero-order valence-corrected chi connectivity index (χ0v) is 11.5. The maximum atomic E-state index is 12.7. The molecule has 0 saturated heterocycles. The van der Waals surface area contributed by atoms with E-state index in [-0.39, 0.29) is 11.6 Å². The molecule has 0 unspecified atom stereocenters. The fourth-order valence-electron chi connectivity index (χ4n) is 1.75. The van der Waals surface area contributed by atoms with E-state index < -0.39 is 0 Å². The lowest BCUT2D eigenvalue weighted by atomic mass is 10.0. The molecule has 20 heavy (non-hydrogen) atoms. The minimum atomic E-state index is -0.286. The van der Waals surface area contributed by atoms with Gasteiger partial charge in [0.15, 0.2) is 5.78 Å². The smallest absolute Gasteiger partial charge is 0.187 e. The van der Waals surface area contributed by atoms with Gasteiger partial charge in [0.2, 0.25) is 0 Å². The molecule has 0 bridgehead atoms. The van der Waals surface area contributed by atoms with E-state index in [1.165, 1.54) is 18.2 Å². The number of hydrogen-bond donors (Lipinski definition) is 1. The van der Waals surface area contributed by atoms with Crippen molar-refractivity contribution in [3.63, 3.8) is 0 Å². The summed E-state index contributed by atoms with van der Waals surface area (Å²) >= 11 is 0. The monoisotopic (exact) mass is 269 g/mol. The number of aryl methyl sites for hydroxylation is 2. The first-order chi connectivity index (χ1) is 9.56. The molecular weight excluding hydrogens is 253 g/mol. The number of benzene rings is 2. The number of allylic oxidation sites excluding steroid dienone is 1. The summed E-state index contributed by atoms with van der Waals surface area (Å²) in [4.78, 5) is 12.0. The summed E-state index contributed by atoms with van der Waals surface area (Å²) in [6.07, 6.45) is 3.03. The molecule has 0 amide bonds. The zero-order valence-electron chi connectivity index (χ0n) is 11.5. The molecule has 2 rings (SSSR count). The first-order valence-electron chi connectivity index (χ1n) is 6.36. The van der Waals surface area contributed by atoms with Crippen molar-refractivity contribution in [3.05, 3.63) is 77.2 Å². The van der Waals surface area contributed by atoms with E-state index in [0.29, 0.717) is 5.56 Å². The third-order valence-electron chi connectivity index (χ3n) is 3.12. The summed E-state index contributed by atoms with van der Waals surface area (Å²) < 4.78 is 12.7. The molecule has 0 aliphatic heterocycles. The second kappa shape index (κ2) is 6.15. The number of anilines is 1. The van der Waals surface area contributed by atoms with Gasteiger partial charge in [-0.3, -0.25) is 4.79 Å². The van der Waals surface area contributed by atoms with Crippen LogP contribution in [0.1, 0.15) is 21.5 Å². The van der Waals surface area contributed by atoms with Crippen LogP contribution in [0.5, 0.6) is 0 Å².